The van der Waals surface area contributed by atoms with E-state index in [1.54, 1.807) is 0 Å². The second-order valence-corrected chi connectivity index (χ2v) is 6.69. The number of benzene rings is 1. The van der Waals surface area contributed by atoms with Gasteiger partial charge >= 0.3 is 0 Å². The van der Waals surface area contributed by atoms with Crippen LogP contribution in [0.3, 0.4) is 0 Å². The molecule has 0 N–H and O–H groups in total. The summed E-state index contributed by atoms with van der Waals surface area (Å²) in [7, 11) is 0. The normalized spacial score (nSPS) is 15.7. The van der Waals surface area contributed by atoms with Crippen LogP contribution in [-0.4, -0.2) is 51.7 Å². The molecule has 1 amide bonds. The van der Waals surface area contributed by atoms with Crippen molar-refractivity contribution in [1.29, 1.82) is 0 Å². The molecule has 1 saturated heterocycles. The van der Waals surface area contributed by atoms with Crippen molar-refractivity contribution in [3.63, 3.8) is 0 Å². The van der Waals surface area contributed by atoms with Crippen molar-refractivity contribution in [3.05, 3.63) is 52.8 Å². The van der Waals surface area contributed by atoms with Gasteiger partial charge < -0.3 is 4.90 Å². The Hall–Kier alpha value is -1.85. The summed E-state index contributed by atoms with van der Waals surface area (Å²) in [5.41, 5.74) is 2.27. The molecule has 1 aromatic carbocycles. The Bertz CT molecular complexity index is 692. The van der Waals surface area contributed by atoms with Crippen LogP contribution in [0.15, 0.2) is 36.7 Å². The second-order valence-electron chi connectivity index (χ2n) is 6.28. The van der Waals surface area contributed by atoms with Crippen molar-refractivity contribution in [2.75, 3.05) is 26.2 Å². The summed E-state index contributed by atoms with van der Waals surface area (Å²) in [6, 6.07) is 7.95. The Labute approximate surface area is 147 Å². The highest BCUT2D eigenvalue weighted by atomic mass is 35.5. The second kappa shape index (κ2) is 7.81. The van der Waals surface area contributed by atoms with Crippen molar-refractivity contribution in [1.82, 2.24) is 19.6 Å². The first kappa shape index (κ1) is 17.0. The molecule has 2 heterocycles. The largest absolute Gasteiger partial charge is 0.340 e. The Morgan fingerprint density at radius 3 is 2.62 bits per heavy atom. The molecule has 0 saturated carbocycles. The van der Waals surface area contributed by atoms with Gasteiger partial charge in [-0.25, -0.2) is 0 Å². The van der Waals surface area contributed by atoms with E-state index in [1.165, 1.54) is 0 Å². The summed E-state index contributed by atoms with van der Waals surface area (Å²) in [5, 5.41) is 5.04. The van der Waals surface area contributed by atoms with Gasteiger partial charge in [0.05, 0.1) is 6.20 Å². The number of aryl methyl sites for hydroxylation is 2. The van der Waals surface area contributed by atoms with Crippen LogP contribution in [-0.2, 0) is 17.9 Å². The molecule has 0 spiro atoms. The van der Waals surface area contributed by atoms with Gasteiger partial charge in [-0.15, -0.1) is 0 Å². The fourth-order valence-electron chi connectivity index (χ4n) is 2.98. The molecule has 6 heteroatoms. The number of halogens is 1. The molecule has 3 rings (SSSR count). The number of hydrogen-bond acceptors (Lipinski definition) is 3. The summed E-state index contributed by atoms with van der Waals surface area (Å²) in [5.74, 6) is 0.209. The molecule has 0 atom stereocenters. The van der Waals surface area contributed by atoms with Crippen molar-refractivity contribution < 1.29 is 4.79 Å². The molecule has 1 aliphatic rings. The molecular formula is C18H23ClN4O. The lowest BCUT2D eigenvalue weighted by molar-refractivity contribution is -0.133. The van der Waals surface area contributed by atoms with E-state index < -0.39 is 0 Å². The van der Waals surface area contributed by atoms with Gasteiger partial charge in [-0.05, 0) is 24.1 Å². The molecule has 128 valence electrons. The van der Waals surface area contributed by atoms with Crippen LogP contribution >= 0.6 is 11.6 Å². The van der Waals surface area contributed by atoms with E-state index in [-0.39, 0.29) is 5.91 Å². The van der Waals surface area contributed by atoms with Crippen molar-refractivity contribution >= 4 is 17.5 Å². The van der Waals surface area contributed by atoms with Crippen LogP contribution in [0, 0.1) is 6.92 Å². The van der Waals surface area contributed by atoms with E-state index in [4.69, 9.17) is 11.6 Å². The first-order valence-electron chi connectivity index (χ1n) is 8.34. The Balaban J connectivity index is 1.44. The zero-order chi connectivity index (χ0) is 16.9. The average molecular weight is 347 g/mol. The highest BCUT2D eigenvalue weighted by Crippen LogP contribution is 2.18. The molecule has 24 heavy (non-hydrogen) atoms. The third kappa shape index (κ3) is 4.36. The first-order chi connectivity index (χ1) is 11.6. The van der Waals surface area contributed by atoms with Crippen LogP contribution in [0.4, 0.5) is 0 Å². The van der Waals surface area contributed by atoms with E-state index >= 15 is 0 Å². The fourth-order valence-corrected chi connectivity index (χ4v) is 3.18. The van der Waals surface area contributed by atoms with Gasteiger partial charge in [0.1, 0.15) is 0 Å². The van der Waals surface area contributed by atoms with Gasteiger partial charge in [0.15, 0.2) is 0 Å². The minimum atomic E-state index is 0.209. The molecule has 2 aromatic rings. The number of piperazine rings is 1. The maximum atomic E-state index is 12.3. The lowest BCUT2D eigenvalue weighted by Gasteiger charge is -2.35. The highest BCUT2D eigenvalue weighted by molar-refractivity contribution is 6.31. The Morgan fingerprint density at radius 2 is 1.96 bits per heavy atom. The summed E-state index contributed by atoms with van der Waals surface area (Å²) in [4.78, 5) is 16.6. The standard InChI is InChI=1S/C18H23ClN4O/c1-15-12-20-23(13-15)7-6-18(24)22-10-8-21(9-11-22)14-16-4-2-3-5-17(16)19/h2-5,12-13H,6-11,14H2,1H3. The SMILES string of the molecule is Cc1cnn(CCC(=O)N2CCN(Cc3ccccc3Cl)CC2)c1. The van der Waals surface area contributed by atoms with Crippen LogP contribution in [0.1, 0.15) is 17.5 Å². The van der Waals surface area contributed by atoms with Crippen LogP contribution in [0.2, 0.25) is 5.02 Å². The summed E-state index contributed by atoms with van der Waals surface area (Å²) in [6.07, 6.45) is 4.29. The Kier molecular flexibility index (Phi) is 5.53. The quantitative estimate of drug-likeness (QED) is 0.835. The molecule has 5 nitrogen and oxygen atoms in total. The van der Waals surface area contributed by atoms with Crippen LogP contribution in [0.5, 0.6) is 0 Å². The lowest BCUT2D eigenvalue weighted by atomic mass is 10.2. The molecule has 1 aromatic heterocycles. The number of hydrogen-bond donors (Lipinski definition) is 0. The lowest BCUT2D eigenvalue weighted by Crippen LogP contribution is -2.48. The molecule has 1 aliphatic heterocycles. The van der Waals surface area contributed by atoms with Crippen molar-refractivity contribution in [3.8, 4) is 0 Å². The van der Waals surface area contributed by atoms with E-state index in [2.05, 4.69) is 16.1 Å². The van der Waals surface area contributed by atoms with Crippen molar-refractivity contribution in [2.24, 2.45) is 0 Å². The molecule has 1 fully saturated rings. The predicted octanol–water partition coefficient (Wildman–Crippen LogP) is 2.58. The minimum absolute atomic E-state index is 0.209. The summed E-state index contributed by atoms with van der Waals surface area (Å²) >= 11 is 6.22. The first-order valence-corrected chi connectivity index (χ1v) is 8.72. The van der Waals surface area contributed by atoms with E-state index in [1.807, 2.05) is 47.1 Å². The molecule has 0 aliphatic carbocycles. The predicted molar refractivity (Wildman–Crippen MR) is 94.9 cm³/mol. The fraction of sp³-hybridized carbons (Fsp3) is 0.444. The van der Waals surface area contributed by atoms with Gasteiger partial charge in [-0.3, -0.25) is 14.4 Å². The van der Waals surface area contributed by atoms with E-state index in [9.17, 15) is 4.79 Å². The molecule has 0 unspecified atom stereocenters. The molecular weight excluding hydrogens is 324 g/mol. The zero-order valence-electron chi connectivity index (χ0n) is 14.0. The monoisotopic (exact) mass is 346 g/mol. The molecule has 0 bridgehead atoms. The number of carbonyl (C=O) groups is 1. The summed E-state index contributed by atoms with van der Waals surface area (Å²) < 4.78 is 1.83. The average Bonchev–Trinajstić information content (AvgIpc) is 3.01. The van der Waals surface area contributed by atoms with Gasteiger partial charge in [0, 0.05) is 56.9 Å². The highest BCUT2D eigenvalue weighted by Gasteiger charge is 2.21. The third-order valence-electron chi connectivity index (χ3n) is 4.39. The van der Waals surface area contributed by atoms with Gasteiger partial charge in [-0.2, -0.15) is 5.10 Å². The number of aromatic nitrogens is 2. The number of rotatable bonds is 5. The molecule has 0 radical (unpaired) electrons. The van der Waals surface area contributed by atoms with Crippen molar-refractivity contribution in [2.45, 2.75) is 26.4 Å². The number of amides is 1. The smallest absolute Gasteiger partial charge is 0.224 e. The third-order valence-corrected chi connectivity index (χ3v) is 4.76. The number of carbonyl (C=O) groups excluding carboxylic acids is 1. The van der Waals surface area contributed by atoms with Crippen LogP contribution in [0.25, 0.3) is 0 Å². The summed E-state index contributed by atoms with van der Waals surface area (Å²) in [6.45, 7) is 6.82. The van der Waals surface area contributed by atoms with E-state index in [0.717, 1.165) is 48.9 Å². The maximum absolute atomic E-state index is 12.3. The zero-order valence-corrected chi connectivity index (χ0v) is 14.7. The van der Waals surface area contributed by atoms with E-state index in [0.29, 0.717) is 13.0 Å². The van der Waals surface area contributed by atoms with Crippen LogP contribution < -0.4 is 0 Å². The Morgan fingerprint density at radius 1 is 1.21 bits per heavy atom. The maximum Gasteiger partial charge on any atom is 0.224 e. The van der Waals surface area contributed by atoms with Gasteiger partial charge in [0.2, 0.25) is 5.91 Å². The number of nitrogens with zero attached hydrogens (tertiary/aromatic N) is 4. The minimum Gasteiger partial charge on any atom is -0.340 e. The van der Waals surface area contributed by atoms with Gasteiger partial charge in [0.25, 0.3) is 0 Å². The topological polar surface area (TPSA) is 41.4 Å². The van der Waals surface area contributed by atoms with Gasteiger partial charge in [-0.1, -0.05) is 29.8 Å².